The lowest BCUT2D eigenvalue weighted by atomic mass is 10.1. The highest BCUT2D eigenvalue weighted by Crippen LogP contribution is 2.22. The number of hydrogen-bond acceptors (Lipinski definition) is 4. The second-order valence-corrected chi connectivity index (χ2v) is 7.22. The van der Waals surface area contributed by atoms with E-state index in [0.717, 1.165) is 18.7 Å². The number of benzene rings is 1. The van der Waals surface area contributed by atoms with Crippen LogP contribution in [0.3, 0.4) is 0 Å². The maximum absolute atomic E-state index is 12.4. The Morgan fingerprint density at radius 2 is 2.04 bits per heavy atom. The van der Waals surface area contributed by atoms with Gasteiger partial charge in [0.25, 0.3) is 5.91 Å². The van der Waals surface area contributed by atoms with Gasteiger partial charge in [0, 0.05) is 30.8 Å². The third-order valence-electron chi connectivity index (χ3n) is 4.52. The molecule has 2 amide bonds. The van der Waals surface area contributed by atoms with E-state index in [1.807, 2.05) is 31.6 Å². The van der Waals surface area contributed by atoms with Gasteiger partial charge < -0.3 is 15.1 Å². The molecule has 1 aromatic carbocycles. The van der Waals surface area contributed by atoms with Crippen LogP contribution in [0, 0.1) is 0 Å². The monoisotopic (exact) mass is 357 g/mol. The number of anilines is 1. The van der Waals surface area contributed by atoms with Gasteiger partial charge in [-0.1, -0.05) is 0 Å². The summed E-state index contributed by atoms with van der Waals surface area (Å²) in [6.07, 6.45) is 1.51. The largest absolute Gasteiger partial charge is 0.350 e. The molecule has 1 N–H and O–H groups in total. The van der Waals surface area contributed by atoms with Crippen LogP contribution in [-0.2, 0) is 4.79 Å². The van der Waals surface area contributed by atoms with Gasteiger partial charge in [-0.15, -0.1) is 0 Å². The van der Waals surface area contributed by atoms with Crippen LogP contribution in [0.5, 0.6) is 0 Å². The standard InChI is InChI=1S/C19H23N3O2S/c1-21(2)17(15-9-11-25-13-15)12-20-19(24)14-5-7-16(8-6-14)22-10-3-4-18(22)23/h5-9,11,13,17H,3-4,10,12H2,1-2H3,(H,20,24). The molecule has 25 heavy (non-hydrogen) atoms. The van der Waals surface area contributed by atoms with E-state index >= 15 is 0 Å². The third kappa shape index (κ3) is 4.08. The summed E-state index contributed by atoms with van der Waals surface area (Å²) in [5, 5.41) is 7.17. The van der Waals surface area contributed by atoms with Crippen molar-refractivity contribution < 1.29 is 9.59 Å². The molecule has 1 aliphatic heterocycles. The van der Waals surface area contributed by atoms with Crippen LogP contribution >= 0.6 is 11.3 Å². The van der Waals surface area contributed by atoms with Crippen LogP contribution in [0.2, 0.25) is 0 Å². The molecule has 132 valence electrons. The first-order valence-corrected chi connectivity index (χ1v) is 9.37. The fourth-order valence-electron chi connectivity index (χ4n) is 3.07. The van der Waals surface area contributed by atoms with E-state index in [9.17, 15) is 9.59 Å². The lowest BCUT2D eigenvalue weighted by Gasteiger charge is -2.24. The first kappa shape index (κ1) is 17.6. The number of thiophene rings is 1. The molecule has 1 unspecified atom stereocenters. The summed E-state index contributed by atoms with van der Waals surface area (Å²) in [6, 6.07) is 9.50. The summed E-state index contributed by atoms with van der Waals surface area (Å²) in [5.74, 6) is 0.0585. The maximum Gasteiger partial charge on any atom is 0.251 e. The zero-order valence-electron chi connectivity index (χ0n) is 14.6. The lowest BCUT2D eigenvalue weighted by molar-refractivity contribution is -0.117. The Kier molecular flexibility index (Phi) is 5.50. The van der Waals surface area contributed by atoms with E-state index in [4.69, 9.17) is 0 Å². The molecular weight excluding hydrogens is 334 g/mol. The number of carbonyl (C=O) groups is 2. The van der Waals surface area contributed by atoms with Crippen molar-refractivity contribution in [3.05, 3.63) is 52.2 Å². The average Bonchev–Trinajstić information content (AvgIpc) is 3.26. The maximum atomic E-state index is 12.4. The molecule has 1 saturated heterocycles. The minimum atomic E-state index is -0.0959. The molecule has 0 bridgehead atoms. The number of nitrogens with one attached hydrogen (secondary N) is 1. The molecule has 1 aliphatic rings. The highest BCUT2D eigenvalue weighted by atomic mass is 32.1. The van der Waals surface area contributed by atoms with Crippen LogP contribution < -0.4 is 10.2 Å². The number of nitrogens with zero attached hydrogens (tertiary/aromatic N) is 2. The topological polar surface area (TPSA) is 52.7 Å². The zero-order chi connectivity index (χ0) is 17.8. The van der Waals surface area contributed by atoms with Gasteiger partial charge in [-0.25, -0.2) is 0 Å². The smallest absolute Gasteiger partial charge is 0.251 e. The Bertz CT molecular complexity index is 726. The van der Waals surface area contributed by atoms with E-state index in [1.165, 1.54) is 5.56 Å². The van der Waals surface area contributed by atoms with E-state index in [1.54, 1.807) is 28.4 Å². The quantitative estimate of drug-likeness (QED) is 0.865. The Morgan fingerprint density at radius 1 is 1.28 bits per heavy atom. The predicted octanol–water partition coefficient (Wildman–Crippen LogP) is 2.91. The van der Waals surface area contributed by atoms with Gasteiger partial charge in [-0.2, -0.15) is 11.3 Å². The summed E-state index contributed by atoms with van der Waals surface area (Å²) in [4.78, 5) is 28.1. The molecular formula is C19H23N3O2S. The van der Waals surface area contributed by atoms with Gasteiger partial charge in [-0.05, 0) is 67.2 Å². The van der Waals surface area contributed by atoms with Crippen molar-refractivity contribution in [2.45, 2.75) is 18.9 Å². The number of amides is 2. The first-order chi connectivity index (χ1) is 12.1. The van der Waals surface area contributed by atoms with Crippen LogP contribution in [0.25, 0.3) is 0 Å². The fourth-order valence-corrected chi connectivity index (χ4v) is 3.78. The molecule has 2 aromatic rings. The second-order valence-electron chi connectivity index (χ2n) is 6.44. The molecule has 1 aromatic heterocycles. The van der Waals surface area contributed by atoms with E-state index in [0.29, 0.717) is 18.5 Å². The summed E-state index contributed by atoms with van der Waals surface area (Å²) in [6.45, 7) is 1.31. The molecule has 0 radical (unpaired) electrons. The van der Waals surface area contributed by atoms with Crippen molar-refractivity contribution in [1.29, 1.82) is 0 Å². The van der Waals surface area contributed by atoms with Crippen LogP contribution in [0.4, 0.5) is 5.69 Å². The third-order valence-corrected chi connectivity index (χ3v) is 5.22. The number of carbonyl (C=O) groups excluding carboxylic acids is 2. The average molecular weight is 357 g/mol. The highest BCUT2D eigenvalue weighted by molar-refractivity contribution is 7.07. The lowest BCUT2D eigenvalue weighted by Crippen LogP contribution is -2.34. The minimum absolute atomic E-state index is 0.0959. The predicted molar refractivity (Wildman–Crippen MR) is 101 cm³/mol. The van der Waals surface area contributed by atoms with E-state index in [-0.39, 0.29) is 17.9 Å². The number of likely N-dealkylation sites (N-methyl/N-ethyl adjacent to an activating group) is 1. The summed E-state index contributed by atoms with van der Waals surface area (Å²) in [5.41, 5.74) is 2.68. The summed E-state index contributed by atoms with van der Waals surface area (Å²) in [7, 11) is 4.02. The summed E-state index contributed by atoms with van der Waals surface area (Å²) < 4.78 is 0. The normalized spacial score (nSPS) is 15.6. The summed E-state index contributed by atoms with van der Waals surface area (Å²) >= 11 is 1.66. The van der Waals surface area contributed by atoms with Gasteiger partial charge in [-0.3, -0.25) is 9.59 Å². The number of hydrogen-bond donors (Lipinski definition) is 1. The molecule has 0 spiro atoms. The first-order valence-electron chi connectivity index (χ1n) is 8.43. The Hall–Kier alpha value is -2.18. The second kappa shape index (κ2) is 7.80. The molecule has 0 aliphatic carbocycles. The van der Waals surface area contributed by atoms with Gasteiger partial charge in [0.1, 0.15) is 0 Å². The van der Waals surface area contributed by atoms with Gasteiger partial charge in [0.2, 0.25) is 5.91 Å². The van der Waals surface area contributed by atoms with Crippen molar-refractivity contribution in [1.82, 2.24) is 10.2 Å². The SMILES string of the molecule is CN(C)C(CNC(=O)c1ccc(N2CCCC2=O)cc1)c1ccsc1. The van der Waals surface area contributed by atoms with E-state index < -0.39 is 0 Å². The zero-order valence-corrected chi connectivity index (χ0v) is 15.4. The van der Waals surface area contributed by atoms with Gasteiger partial charge in [0.15, 0.2) is 0 Å². The molecule has 0 saturated carbocycles. The van der Waals surface area contributed by atoms with Gasteiger partial charge >= 0.3 is 0 Å². The minimum Gasteiger partial charge on any atom is -0.350 e. The molecule has 2 heterocycles. The number of rotatable bonds is 6. The molecule has 1 fully saturated rings. The molecule has 1 atom stereocenters. The molecule has 6 heteroatoms. The Labute approximate surface area is 152 Å². The Morgan fingerprint density at radius 3 is 2.60 bits per heavy atom. The van der Waals surface area contributed by atoms with Crippen molar-refractivity contribution >= 4 is 28.8 Å². The van der Waals surface area contributed by atoms with Crippen LogP contribution in [0.1, 0.15) is 34.8 Å². The van der Waals surface area contributed by atoms with Crippen molar-refractivity contribution in [2.24, 2.45) is 0 Å². The highest BCUT2D eigenvalue weighted by Gasteiger charge is 2.22. The van der Waals surface area contributed by atoms with Crippen molar-refractivity contribution in [2.75, 3.05) is 32.1 Å². The van der Waals surface area contributed by atoms with Crippen molar-refractivity contribution in [3.63, 3.8) is 0 Å². The van der Waals surface area contributed by atoms with E-state index in [2.05, 4.69) is 21.7 Å². The van der Waals surface area contributed by atoms with Crippen LogP contribution in [-0.4, -0.2) is 43.9 Å². The fraction of sp³-hybridized carbons (Fsp3) is 0.368. The molecule has 5 nitrogen and oxygen atoms in total. The van der Waals surface area contributed by atoms with Crippen molar-refractivity contribution in [3.8, 4) is 0 Å². The van der Waals surface area contributed by atoms with Crippen LogP contribution in [0.15, 0.2) is 41.1 Å². The Balaban J connectivity index is 1.62. The molecule has 3 rings (SSSR count). The van der Waals surface area contributed by atoms with Gasteiger partial charge in [0.05, 0.1) is 6.04 Å².